The van der Waals surface area contributed by atoms with Crippen molar-refractivity contribution in [1.82, 2.24) is 0 Å². The topological polar surface area (TPSA) is 0 Å². The van der Waals surface area contributed by atoms with Crippen LogP contribution in [0.25, 0.3) is 5.57 Å². The molecule has 0 heteroatoms. The van der Waals surface area contributed by atoms with Gasteiger partial charge in [0.1, 0.15) is 0 Å². The summed E-state index contributed by atoms with van der Waals surface area (Å²) in [5, 5.41) is 0. The summed E-state index contributed by atoms with van der Waals surface area (Å²) in [6, 6.07) is 4.56. The van der Waals surface area contributed by atoms with E-state index in [1.807, 2.05) is 0 Å². The fraction of sp³-hybridized carbons (Fsp3) is 0.429. The summed E-state index contributed by atoms with van der Waals surface area (Å²) >= 11 is 0. The van der Waals surface area contributed by atoms with Crippen LogP contribution in [0.1, 0.15) is 43.0 Å². The molecule has 0 spiro atoms. The number of benzene rings is 1. The van der Waals surface area contributed by atoms with Gasteiger partial charge in [0.25, 0.3) is 0 Å². The predicted octanol–water partition coefficient (Wildman–Crippen LogP) is 4.15. The van der Waals surface area contributed by atoms with Crippen molar-refractivity contribution in [2.75, 3.05) is 0 Å². The molecule has 14 heavy (non-hydrogen) atoms. The summed E-state index contributed by atoms with van der Waals surface area (Å²) in [5.41, 5.74) is 6.83. The first kappa shape index (κ1) is 11.0. The van der Waals surface area contributed by atoms with Crippen molar-refractivity contribution in [3.8, 4) is 0 Å². The van der Waals surface area contributed by atoms with E-state index < -0.39 is 0 Å². The van der Waals surface area contributed by atoms with Crippen LogP contribution in [-0.2, 0) is 12.8 Å². The Morgan fingerprint density at radius 2 is 1.57 bits per heavy atom. The highest BCUT2D eigenvalue weighted by molar-refractivity contribution is 5.68. The number of rotatable bonds is 3. The lowest BCUT2D eigenvalue weighted by Crippen LogP contribution is -1.97. The lowest BCUT2D eigenvalue weighted by atomic mass is 9.91. The molecule has 76 valence electrons. The van der Waals surface area contributed by atoms with Gasteiger partial charge in [0.05, 0.1) is 0 Å². The van der Waals surface area contributed by atoms with Crippen LogP contribution in [0.15, 0.2) is 18.7 Å². The molecule has 0 amide bonds. The zero-order valence-electron chi connectivity index (χ0n) is 9.78. The van der Waals surface area contributed by atoms with Crippen LogP contribution in [0.2, 0.25) is 0 Å². The summed E-state index contributed by atoms with van der Waals surface area (Å²) in [6.07, 6.45) is 2.19. The molecule has 1 aromatic carbocycles. The lowest BCUT2D eigenvalue weighted by Gasteiger charge is -2.14. The molecule has 0 nitrogen and oxygen atoms in total. The minimum atomic E-state index is 1.09. The van der Waals surface area contributed by atoms with Crippen LogP contribution in [0, 0.1) is 6.92 Å². The Bertz CT molecular complexity index is 320. The fourth-order valence-electron chi connectivity index (χ4n) is 2.05. The van der Waals surface area contributed by atoms with Gasteiger partial charge in [-0.3, -0.25) is 0 Å². The van der Waals surface area contributed by atoms with E-state index in [2.05, 4.69) is 46.4 Å². The Balaban J connectivity index is 3.40. The number of aryl methyl sites for hydroxylation is 3. The van der Waals surface area contributed by atoms with E-state index in [-0.39, 0.29) is 0 Å². The molecule has 0 fully saturated rings. The molecule has 0 aromatic heterocycles. The van der Waals surface area contributed by atoms with E-state index in [1.165, 1.54) is 27.8 Å². The zero-order valence-corrected chi connectivity index (χ0v) is 9.78. The maximum Gasteiger partial charge on any atom is -0.0169 e. The van der Waals surface area contributed by atoms with E-state index in [1.54, 1.807) is 0 Å². The molecule has 0 saturated carbocycles. The van der Waals surface area contributed by atoms with Gasteiger partial charge in [0.2, 0.25) is 0 Å². The van der Waals surface area contributed by atoms with E-state index >= 15 is 0 Å². The molecule has 0 aliphatic carbocycles. The molecule has 0 heterocycles. The summed E-state index contributed by atoms with van der Waals surface area (Å²) in [7, 11) is 0. The van der Waals surface area contributed by atoms with Crippen molar-refractivity contribution in [3.63, 3.8) is 0 Å². The predicted molar refractivity (Wildman–Crippen MR) is 64.6 cm³/mol. The highest BCUT2D eigenvalue weighted by Gasteiger charge is 2.07. The van der Waals surface area contributed by atoms with Crippen LogP contribution in [0.4, 0.5) is 0 Å². The Hall–Kier alpha value is -1.04. The van der Waals surface area contributed by atoms with Gasteiger partial charge in [-0.05, 0) is 43.4 Å². The number of hydrogen-bond donors (Lipinski definition) is 0. The van der Waals surface area contributed by atoms with Gasteiger partial charge in [-0.15, -0.1) is 0 Å². The monoisotopic (exact) mass is 188 g/mol. The summed E-state index contributed by atoms with van der Waals surface area (Å²) in [5.74, 6) is 0. The second-order valence-corrected chi connectivity index (χ2v) is 3.95. The lowest BCUT2D eigenvalue weighted by molar-refractivity contribution is 1.06. The van der Waals surface area contributed by atoms with Gasteiger partial charge < -0.3 is 0 Å². The molecular formula is C14H20. The third-order valence-electron chi connectivity index (χ3n) is 2.63. The van der Waals surface area contributed by atoms with Crippen LogP contribution < -0.4 is 0 Å². The molecule has 0 radical (unpaired) electrons. The van der Waals surface area contributed by atoms with E-state index in [9.17, 15) is 0 Å². The Morgan fingerprint density at radius 3 is 1.86 bits per heavy atom. The van der Waals surface area contributed by atoms with Crippen molar-refractivity contribution in [2.45, 2.75) is 40.5 Å². The molecule has 0 aliphatic rings. The van der Waals surface area contributed by atoms with Gasteiger partial charge in [0, 0.05) is 0 Å². The minimum Gasteiger partial charge on any atom is -0.0955 e. The molecule has 0 aliphatic heterocycles. The van der Waals surface area contributed by atoms with Crippen molar-refractivity contribution >= 4 is 5.57 Å². The van der Waals surface area contributed by atoms with Crippen molar-refractivity contribution < 1.29 is 0 Å². The molecule has 0 saturated heterocycles. The fourth-order valence-corrected chi connectivity index (χ4v) is 2.05. The van der Waals surface area contributed by atoms with Gasteiger partial charge in [-0.1, -0.05) is 43.7 Å². The Labute approximate surface area is 87.7 Å². The normalized spacial score (nSPS) is 10.3. The standard InChI is InChI=1S/C14H20/c1-6-12-8-11(5)9-13(7-2)14(12)10(3)4/h8-9H,3,6-7H2,1-2,4-5H3. The van der Waals surface area contributed by atoms with E-state index in [4.69, 9.17) is 0 Å². The summed E-state index contributed by atoms with van der Waals surface area (Å²) in [6.45, 7) is 12.8. The van der Waals surface area contributed by atoms with E-state index in [0.29, 0.717) is 0 Å². The Morgan fingerprint density at radius 1 is 1.14 bits per heavy atom. The van der Waals surface area contributed by atoms with Gasteiger partial charge in [0.15, 0.2) is 0 Å². The molecular weight excluding hydrogens is 168 g/mol. The van der Waals surface area contributed by atoms with Crippen molar-refractivity contribution in [2.24, 2.45) is 0 Å². The molecule has 0 unspecified atom stereocenters. The molecule has 0 atom stereocenters. The summed E-state index contributed by atoms with van der Waals surface area (Å²) < 4.78 is 0. The molecule has 1 rings (SSSR count). The van der Waals surface area contributed by atoms with Crippen LogP contribution in [0.5, 0.6) is 0 Å². The van der Waals surface area contributed by atoms with E-state index in [0.717, 1.165) is 12.8 Å². The average molecular weight is 188 g/mol. The van der Waals surface area contributed by atoms with Crippen molar-refractivity contribution in [1.29, 1.82) is 0 Å². The molecule has 0 bridgehead atoms. The largest absolute Gasteiger partial charge is 0.0955 e. The van der Waals surface area contributed by atoms with Gasteiger partial charge >= 0.3 is 0 Å². The highest BCUT2D eigenvalue weighted by atomic mass is 14.1. The maximum atomic E-state index is 4.07. The highest BCUT2D eigenvalue weighted by Crippen LogP contribution is 2.25. The van der Waals surface area contributed by atoms with Crippen LogP contribution in [0.3, 0.4) is 0 Å². The number of allylic oxidation sites excluding steroid dienone is 1. The quantitative estimate of drug-likeness (QED) is 0.668. The first-order chi connectivity index (χ1) is 6.60. The number of hydrogen-bond acceptors (Lipinski definition) is 0. The summed E-state index contributed by atoms with van der Waals surface area (Å²) in [4.78, 5) is 0. The SMILES string of the molecule is C=C(C)c1c(CC)cc(C)cc1CC. The Kier molecular flexibility index (Phi) is 3.51. The van der Waals surface area contributed by atoms with Crippen LogP contribution >= 0.6 is 0 Å². The molecule has 1 aromatic rings. The third kappa shape index (κ3) is 2.06. The zero-order chi connectivity index (χ0) is 10.7. The maximum absolute atomic E-state index is 4.07. The van der Waals surface area contributed by atoms with Gasteiger partial charge in [-0.2, -0.15) is 0 Å². The first-order valence-corrected chi connectivity index (χ1v) is 5.38. The van der Waals surface area contributed by atoms with Gasteiger partial charge in [-0.25, -0.2) is 0 Å². The first-order valence-electron chi connectivity index (χ1n) is 5.38. The minimum absolute atomic E-state index is 1.09. The second-order valence-electron chi connectivity index (χ2n) is 3.95. The average Bonchev–Trinajstić information content (AvgIpc) is 2.15. The second kappa shape index (κ2) is 4.45. The smallest absolute Gasteiger partial charge is 0.0169 e. The van der Waals surface area contributed by atoms with Crippen LogP contribution in [-0.4, -0.2) is 0 Å². The third-order valence-corrected chi connectivity index (χ3v) is 2.63. The van der Waals surface area contributed by atoms with Crippen molar-refractivity contribution in [3.05, 3.63) is 41.0 Å². The molecule has 0 N–H and O–H groups in total.